The first-order valence-corrected chi connectivity index (χ1v) is 14.6. The molecule has 0 nitrogen and oxygen atoms in total. The topological polar surface area (TPSA) is 0 Å². The van der Waals surface area contributed by atoms with Crippen LogP contribution in [0.5, 0.6) is 0 Å². The maximum absolute atomic E-state index is 4.14. The highest BCUT2D eigenvalue weighted by atomic mass is 14.5. The highest BCUT2D eigenvalue weighted by Crippen LogP contribution is 2.56. The Hall–Kier alpha value is -2.86. The quantitative estimate of drug-likeness (QED) is 0.280. The third-order valence-corrected chi connectivity index (χ3v) is 4.99. The minimum atomic E-state index is -0.318. The highest BCUT2D eigenvalue weighted by molar-refractivity contribution is 5.86. The van der Waals surface area contributed by atoms with Gasteiger partial charge in [-0.15, -0.1) is 6.58 Å². The summed E-state index contributed by atoms with van der Waals surface area (Å²) in [7, 11) is 0. The number of fused-ring (bicyclic) bond motifs is 3. The number of allylic oxidation sites excluding steroid dienone is 7. The van der Waals surface area contributed by atoms with Crippen molar-refractivity contribution in [2.45, 2.75) is 102 Å². The lowest BCUT2D eigenvalue weighted by atomic mass is 9.66. The predicted molar refractivity (Wildman–Crippen MR) is 178 cm³/mol. The molecule has 37 heavy (non-hydrogen) atoms. The van der Waals surface area contributed by atoms with Crippen molar-refractivity contribution in [1.82, 2.24) is 0 Å². The summed E-state index contributed by atoms with van der Waals surface area (Å²) in [5.41, 5.74) is 7.37. The Kier molecular flexibility index (Phi) is 30.9. The normalized spacial score (nSPS) is 11.3. The van der Waals surface area contributed by atoms with Crippen molar-refractivity contribution in [1.29, 1.82) is 0 Å². The first kappa shape index (κ1) is 41.3. The van der Waals surface area contributed by atoms with E-state index in [0.29, 0.717) is 0 Å². The molecule has 0 saturated carbocycles. The van der Waals surface area contributed by atoms with Gasteiger partial charge in [0.05, 0.1) is 5.41 Å². The summed E-state index contributed by atoms with van der Waals surface area (Å²) in [5.74, 6) is 0. The van der Waals surface area contributed by atoms with E-state index in [-0.39, 0.29) is 5.41 Å². The van der Waals surface area contributed by atoms with Crippen LogP contribution in [0.4, 0.5) is 0 Å². The predicted octanol–water partition coefficient (Wildman–Crippen LogP) is 12.9. The fourth-order valence-corrected chi connectivity index (χ4v) is 4.12. The van der Waals surface area contributed by atoms with Crippen LogP contribution in [0, 0.1) is 0 Å². The first-order valence-electron chi connectivity index (χ1n) is 14.6. The van der Waals surface area contributed by atoms with E-state index < -0.39 is 0 Å². The number of benzene rings is 2. The molecule has 2 aromatic carbocycles. The molecule has 0 bridgehead atoms. The summed E-state index contributed by atoms with van der Waals surface area (Å²) in [6.45, 7) is 37.8. The highest BCUT2D eigenvalue weighted by Gasteiger charge is 2.46. The molecule has 0 N–H and O–H groups in total. The summed E-state index contributed by atoms with van der Waals surface area (Å²) in [4.78, 5) is 0. The molecular formula is C37H60. The van der Waals surface area contributed by atoms with Gasteiger partial charge in [0.1, 0.15) is 0 Å². The molecule has 1 aliphatic carbocycles. The lowest BCUT2D eigenvalue weighted by Crippen LogP contribution is -2.29. The largest absolute Gasteiger partial charge is 0.103 e. The Bertz CT molecular complexity index is 844. The van der Waals surface area contributed by atoms with E-state index in [9.17, 15) is 0 Å². The van der Waals surface area contributed by atoms with E-state index in [4.69, 9.17) is 0 Å². The number of rotatable bonds is 5. The van der Waals surface area contributed by atoms with Crippen LogP contribution in [0.1, 0.15) is 108 Å². The second-order valence-electron chi connectivity index (χ2n) is 6.47. The lowest BCUT2D eigenvalue weighted by Gasteiger charge is -2.35. The summed E-state index contributed by atoms with van der Waals surface area (Å²) < 4.78 is 0. The van der Waals surface area contributed by atoms with Gasteiger partial charge in [0.2, 0.25) is 0 Å². The first-order chi connectivity index (χ1) is 18.2. The number of hydrogen-bond donors (Lipinski definition) is 0. The second kappa shape index (κ2) is 27.7. The molecule has 1 aliphatic rings. The molecule has 0 radical (unpaired) electrons. The van der Waals surface area contributed by atoms with Gasteiger partial charge in [-0.3, -0.25) is 0 Å². The minimum Gasteiger partial charge on any atom is -0.103 e. The molecule has 0 aliphatic heterocycles. The molecule has 0 amide bonds. The van der Waals surface area contributed by atoms with Crippen molar-refractivity contribution in [3.63, 3.8) is 0 Å². The zero-order chi connectivity index (χ0) is 29.9. The third-order valence-electron chi connectivity index (χ3n) is 4.99. The Morgan fingerprint density at radius 3 is 1.22 bits per heavy atom. The Labute approximate surface area is 233 Å². The van der Waals surface area contributed by atoms with Crippen LogP contribution in [0.2, 0.25) is 0 Å². The molecular weight excluding hydrogens is 444 g/mol. The van der Waals surface area contributed by atoms with Crippen LogP contribution >= 0.6 is 0 Å². The molecule has 0 fully saturated rings. The van der Waals surface area contributed by atoms with Crippen LogP contribution in [0.25, 0.3) is 11.1 Å². The second-order valence-corrected chi connectivity index (χ2v) is 6.47. The van der Waals surface area contributed by atoms with E-state index in [1.165, 1.54) is 33.4 Å². The van der Waals surface area contributed by atoms with E-state index in [1.54, 1.807) is 6.08 Å². The maximum atomic E-state index is 4.14. The van der Waals surface area contributed by atoms with Gasteiger partial charge in [-0.2, -0.15) is 0 Å². The molecule has 0 atom stereocenters. The standard InChI is InChI=1S/C24H24.C3H6.5C2H6/c1-5-13-19(8-4)24(18(6-2)7-3)22-16-11-9-14-20(22)21-15-10-12-17-23(21)24;1-3-2;5*1-2/h6-17H,2,4-5H2,1,3H3;3H,1H2,2H3;5*1-2H3/b18-7+,19-13+;;;;;;. The van der Waals surface area contributed by atoms with Crippen molar-refractivity contribution >= 4 is 0 Å². The fourth-order valence-electron chi connectivity index (χ4n) is 4.12. The van der Waals surface area contributed by atoms with Gasteiger partial charge in [0, 0.05) is 0 Å². The summed E-state index contributed by atoms with van der Waals surface area (Å²) in [5, 5.41) is 0. The smallest absolute Gasteiger partial charge is 0.0706 e. The molecule has 208 valence electrons. The van der Waals surface area contributed by atoms with E-state index >= 15 is 0 Å². The Balaban J connectivity index is -0.000000363. The van der Waals surface area contributed by atoms with Crippen molar-refractivity contribution in [3.05, 3.63) is 121 Å². The van der Waals surface area contributed by atoms with Crippen LogP contribution in [0.3, 0.4) is 0 Å². The van der Waals surface area contributed by atoms with Gasteiger partial charge in [-0.1, -0.05) is 168 Å². The summed E-state index contributed by atoms with van der Waals surface area (Å²) >= 11 is 0. The average Bonchev–Trinajstić information content (AvgIpc) is 3.29. The van der Waals surface area contributed by atoms with Crippen LogP contribution in [0.15, 0.2) is 110 Å². The average molecular weight is 505 g/mol. The van der Waals surface area contributed by atoms with Gasteiger partial charge in [-0.05, 0) is 53.7 Å². The van der Waals surface area contributed by atoms with Crippen LogP contribution in [-0.4, -0.2) is 0 Å². The van der Waals surface area contributed by atoms with Crippen molar-refractivity contribution in [2.24, 2.45) is 0 Å². The lowest BCUT2D eigenvalue weighted by molar-refractivity contribution is 0.759. The van der Waals surface area contributed by atoms with E-state index in [2.05, 4.69) is 94.3 Å². The molecule has 0 heterocycles. The molecule has 0 aromatic heterocycles. The van der Waals surface area contributed by atoms with Crippen molar-refractivity contribution in [2.75, 3.05) is 0 Å². The van der Waals surface area contributed by atoms with Gasteiger partial charge >= 0.3 is 0 Å². The van der Waals surface area contributed by atoms with E-state index in [1.807, 2.05) is 88.3 Å². The third kappa shape index (κ3) is 10.2. The fraction of sp³-hybridized carbons (Fsp3) is 0.405. The monoisotopic (exact) mass is 504 g/mol. The number of hydrogen-bond acceptors (Lipinski definition) is 0. The van der Waals surface area contributed by atoms with Gasteiger partial charge in [-0.25, -0.2) is 0 Å². The maximum Gasteiger partial charge on any atom is 0.0706 e. The summed E-state index contributed by atoms with van der Waals surface area (Å²) in [6.07, 6.45) is 11.2. The molecule has 0 spiro atoms. The SMILES string of the molecule is C=C/C(=C\C)C1(/C(C=C)=C/CC)c2ccccc2-c2ccccc21.C=CC.CC.CC.CC.CC.CC. The zero-order valence-corrected chi connectivity index (χ0v) is 26.8. The van der Waals surface area contributed by atoms with Crippen LogP contribution < -0.4 is 0 Å². The molecule has 0 unspecified atom stereocenters. The van der Waals surface area contributed by atoms with E-state index in [0.717, 1.165) is 6.42 Å². The molecule has 0 saturated heterocycles. The Morgan fingerprint density at radius 2 is 0.946 bits per heavy atom. The molecule has 0 heteroatoms. The van der Waals surface area contributed by atoms with Gasteiger partial charge < -0.3 is 0 Å². The van der Waals surface area contributed by atoms with Crippen molar-refractivity contribution in [3.8, 4) is 11.1 Å². The zero-order valence-electron chi connectivity index (χ0n) is 26.8. The molecule has 2 aromatic rings. The molecule has 3 rings (SSSR count). The Morgan fingerprint density at radius 1 is 0.622 bits per heavy atom. The van der Waals surface area contributed by atoms with Crippen molar-refractivity contribution < 1.29 is 0 Å². The van der Waals surface area contributed by atoms with Gasteiger partial charge in [0.15, 0.2) is 0 Å². The van der Waals surface area contributed by atoms with Crippen LogP contribution in [-0.2, 0) is 5.41 Å². The summed E-state index contributed by atoms with van der Waals surface area (Å²) in [6, 6.07) is 17.4. The van der Waals surface area contributed by atoms with Gasteiger partial charge in [0.25, 0.3) is 0 Å². The minimum absolute atomic E-state index is 0.318.